The fourth-order valence-electron chi connectivity index (χ4n) is 2.10. The molecule has 2 aliphatic rings. The van der Waals surface area contributed by atoms with Gasteiger partial charge in [-0.25, -0.2) is 4.79 Å². The Bertz CT molecular complexity index is 378. The molecule has 1 heterocycles. The lowest BCUT2D eigenvalue weighted by molar-refractivity contribution is -0.146. The molecule has 0 aromatic rings. The lowest BCUT2D eigenvalue weighted by Crippen LogP contribution is -2.49. The maximum atomic E-state index is 12.2. The summed E-state index contributed by atoms with van der Waals surface area (Å²) >= 11 is 0. The van der Waals surface area contributed by atoms with Crippen molar-refractivity contribution >= 4 is 17.6 Å². The van der Waals surface area contributed by atoms with E-state index in [-0.39, 0.29) is 37.2 Å². The molecule has 1 fully saturated rings. The molecule has 0 saturated heterocycles. The number of aliphatic carboxylic acids is 1. The summed E-state index contributed by atoms with van der Waals surface area (Å²) in [5.74, 6) is -1.45. The third kappa shape index (κ3) is 2.45. The maximum Gasteiger partial charge on any atom is 0.353 e. The van der Waals surface area contributed by atoms with Gasteiger partial charge < -0.3 is 20.0 Å². The number of carboxylic acid groups (broad SMARTS) is 1. The Kier molecular flexibility index (Phi) is 3.81. The van der Waals surface area contributed by atoms with Crippen LogP contribution in [0.15, 0.2) is 5.16 Å². The molecule has 100 valence electrons. The van der Waals surface area contributed by atoms with E-state index in [1.54, 1.807) is 4.90 Å². The van der Waals surface area contributed by atoms with E-state index >= 15 is 0 Å². The first-order valence-corrected chi connectivity index (χ1v) is 6.00. The Morgan fingerprint density at radius 1 is 1.44 bits per heavy atom. The molecule has 0 aromatic carbocycles. The molecule has 7 heteroatoms. The number of hydrogen-bond donors (Lipinski definition) is 2. The minimum absolute atomic E-state index is 0.0111. The summed E-state index contributed by atoms with van der Waals surface area (Å²) in [7, 11) is 0. The number of aliphatic hydroxyl groups excluding tert-OH is 1. The van der Waals surface area contributed by atoms with Crippen molar-refractivity contribution in [3.05, 3.63) is 0 Å². The molecule has 7 nitrogen and oxygen atoms in total. The second-order valence-electron chi connectivity index (χ2n) is 4.48. The molecular formula is C11H16N2O5. The van der Waals surface area contributed by atoms with E-state index in [9.17, 15) is 9.59 Å². The number of rotatable bonds is 5. The number of carbonyl (C=O) groups excluding carboxylic acids is 1. The number of aliphatic hydroxyl groups is 1. The molecule has 2 rings (SSSR count). The molecule has 2 N–H and O–H groups in total. The van der Waals surface area contributed by atoms with E-state index in [0.717, 1.165) is 19.3 Å². The summed E-state index contributed by atoms with van der Waals surface area (Å²) in [5.41, 5.74) is -0.133. The molecule has 0 radical (unpaired) electrons. The summed E-state index contributed by atoms with van der Waals surface area (Å²) in [6.45, 7) is 0.146. The predicted molar refractivity (Wildman–Crippen MR) is 61.0 cm³/mol. The number of amides is 1. The van der Waals surface area contributed by atoms with Crippen LogP contribution in [0.1, 0.15) is 25.7 Å². The van der Waals surface area contributed by atoms with E-state index in [0.29, 0.717) is 0 Å². The highest BCUT2D eigenvalue weighted by molar-refractivity contribution is 6.36. The quantitative estimate of drug-likeness (QED) is 0.696. The van der Waals surface area contributed by atoms with Gasteiger partial charge in [0.2, 0.25) is 6.10 Å². The number of oxime groups is 1. The van der Waals surface area contributed by atoms with Gasteiger partial charge in [0.15, 0.2) is 5.71 Å². The Labute approximate surface area is 104 Å². The van der Waals surface area contributed by atoms with Crippen molar-refractivity contribution in [3.63, 3.8) is 0 Å². The Morgan fingerprint density at radius 3 is 2.61 bits per heavy atom. The number of carboxylic acids is 1. The Balaban J connectivity index is 1.95. The highest BCUT2D eigenvalue weighted by Crippen LogP contribution is 2.26. The molecule has 18 heavy (non-hydrogen) atoms. The number of carbonyl (C=O) groups is 2. The molecular weight excluding hydrogens is 240 g/mol. The zero-order chi connectivity index (χ0) is 13.1. The van der Waals surface area contributed by atoms with Crippen LogP contribution in [0.5, 0.6) is 0 Å². The van der Waals surface area contributed by atoms with Gasteiger partial charge in [-0.3, -0.25) is 4.79 Å². The minimum Gasteiger partial charge on any atom is -0.477 e. The van der Waals surface area contributed by atoms with Crippen molar-refractivity contribution in [2.24, 2.45) is 5.16 Å². The third-order valence-corrected chi connectivity index (χ3v) is 3.33. The van der Waals surface area contributed by atoms with Crippen molar-refractivity contribution in [1.29, 1.82) is 0 Å². The summed E-state index contributed by atoms with van der Waals surface area (Å²) in [6, 6.07) is 0.141. The highest BCUT2D eigenvalue weighted by Gasteiger charge is 2.38. The van der Waals surface area contributed by atoms with Crippen LogP contribution in [-0.2, 0) is 14.4 Å². The van der Waals surface area contributed by atoms with Crippen LogP contribution in [0.2, 0.25) is 0 Å². The summed E-state index contributed by atoms with van der Waals surface area (Å²) < 4.78 is 0. The third-order valence-electron chi connectivity index (χ3n) is 3.33. The van der Waals surface area contributed by atoms with Crippen molar-refractivity contribution in [1.82, 2.24) is 4.90 Å². The average Bonchev–Trinajstić information content (AvgIpc) is 2.74. The zero-order valence-electron chi connectivity index (χ0n) is 9.91. The van der Waals surface area contributed by atoms with Crippen LogP contribution in [0.3, 0.4) is 0 Å². The van der Waals surface area contributed by atoms with Gasteiger partial charge in [0.1, 0.15) is 0 Å². The fraction of sp³-hybridized carbons (Fsp3) is 0.727. The molecule has 1 unspecified atom stereocenters. The van der Waals surface area contributed by atoms with E-state index in [4.69, 9.17) is 15.1 Å². The Morgan fingerprint density at radius 2 is 2.17 bits per heavy atom. The van der Waals surface area contributed by atoms with Gasteiger partial charge in [-0.05, 0) is 19.3 Å². The summed E-state index contributed by atoms with van der Waals surface area (Å²) in [6.07, 6.45) is 2.05. The fourth-order valence-corrected chi connectivity index (χ4v) is 2.10. The van der Waals surface area contributed by atoms with Gasteiger partial charge in [0.05, 0.1) is 6.61 Å². The number of nitrogens with zero attached hydrogens (tertiary/aromatic N) is 2. The van der Waals surface area contributed by atoms with Crippen molar-refractivity contribution < 1.29 is 24.6 Å². The highest BCUT2D eigenvalue weighted by atomic mass is 16.6. The molecule has 1 saturated carbocycles. The summed E-state index contributed by atoms with van der Waals surface area (Å²) in [5, 5.41) is 21.1. The van der Waals surface area contributed by atoms with Gasteiger partial charge in [-0.1, -0.05) is 5.16 Å². The molecule has 1 atom stereocenters. The van der Waals surface area contributed by atoms with Crippen LogP contribution in [0.4, 0.5) is 0 Å². The maximum absolute atomic E-state index is 12.2. The van der Waals surface area contributed by atoms with E-state index in [1.807, 2.05) is 0 Å². The largest absolute Gasteiger partial charge is 0.477 e. The van der Waals surface area contributed by atoms with Crippen LogP contribution in [0.25, 0.3) is 0 Å². The normalized spacial score (nSPS) is 22.9. The first-order valence-electron chi connectivity index (χ1n) is 6.00. The van der Waals surface area contributed by atoms with Gasteiger partial charge in [-0.15, -0.1) is 0 Å². The van der Waals surface area contributed by atoms with Gasteiger partial charge >= 0.3 is 5.97 Å². The molecule has 1 aliphatic carbocycles. The molecule has 1 amide bonds. The van der Waals surface area contributed by atoms with Crippen molar-refractivity contribution in [2.75, 3.05) is 13.2 Å². The van der Waals surface area contributed by atoms with Gasteiger partial charge in [0, 0.05) is 19.0 Å². The second-order valence-corrected chi connectivity index (χ2v) is 4.48. The standard InChI is InChI=1S/C11H16N2O5/c14-5-4-13(7-2-1-3-7)10(15)9-6-8(11(16)17)12-18-9/h7,9,14H,1-6H2,(H,16,17). The number of hydrogen-bond acceptors (Lipinski definition) is 5. The first kappa shape index (κ1) is 12.8. The van der Waals surface area contributed by atoms with E-state index < -0.39 is 12.1 Å². The topological polar surface area (TPSA) is 99.4 Å². The zero-order valence-corrected chi connectivity index (χ0v) is 9.91. The van der Waals surface area contributed by atoms with Gasteiger partial charge in [0.25, 0.3) is 5.91 Å². The average molecular weight is 256 g/mol. The van der Waals surface area contributed by atoms with Crippen LogP contribution in [0, 0.1) is 0 Å². The van der Waals surface area contributed by atoms with Crippen molar-refractivity contribution in [2.45, 2.75) is 37.8 Å². The predicted octanol–water partition coefficient (Wildman–Crippen LogP) is -0.411. The van der Waals surface area contributed by atoms with E-state index in [1.165, 1.54) is 0 Å². The smallest absolute Gasteiger partial charge is 0.353 e. The Hall–Kier alpha value is -1.63. The van der Waals surface area contributed by atoms with Crippen LogP contribution >= 0.6 is 0 Å². The lowest BCUT2D eigenvalue weighted by Gasteiger charge is -2.38. The molecule has 0 spiro atoms. The second kappa shape index (κ2) is 5.34. The van der Waals surface area contributed by atoms with Crippen LogP contribution < -0.4 is 0 Å². The monoisotopic (exact) mass is 256 g/mol. The molecule has 1 aliphatic heterocycles. The van der Waals surface area contributed by atoms with E-state index in [2.05, 4.69) is 5.16 Å². The SMILES string of the molecule is O=C(O)C1=NOC(C(=O)N(CCO)C2CCC2)C1. The minimum atomic E-state index is -1.16. The summed E-state index contributed by atoms with van der Waals surface area (Å²) in [4.78, 5) is 29.3. The molecule has 0 aromatic heterocycles. The van der Waals surface area contributed by atoms with Gasteiger partial charge in [-0.2, -0.15) is 0 Å². The van der Waals surface area contributed by atoms with Crippen molar-refractivity contribution in [3.8, 4) is 0 Å². The van der Waals surface area contributed by atoms with Crippen LogP contribution in [-0.4, -0.2) is 58.0 Å². The first-order chi connectivity index (χ1) is 8.63. The lowest BCUT2D eigenvalue weighted by atomic mass is 9.91. The molecule has 0 bridgehead atoms.